The summed E-state index contributed by atoms with van der Waals surface area (Å²) in [4.78, 5) is 14.1. The molecule has 0 aliphatic carbocycles. The molecule has 0 aliphatic heterocycles. The number of alkyl halides is 3. The van der Waals surface area contributed by atoms with Crippen molar-refractivity contribution >= 4 is 11.6 Å². The second-order valence-corrected chi connectivity index (χ2v) is 7.08. The van der Waals surface area contributed by atoms with E-state index >= 15 is 0 Å². The summed E-state index contributed by atoms with van der Waals surface area (Å²) in [6.07, 6.45) is -4.42. The molecule has 8 heteroatoms. The normalized spacial score (nSPS) is 11.4. The van der Waals surface area contributed by atoms with Crippen molar-refractivity contribution in [2.75, 3.05) is 18.9 Å². The molecule has 1 amide bonds. The van der Waals surface area contributed by atoms with Gasteiger partial charge in [-0.15, -0.1) is 0 Å². The first kappa shape index (κ1) is 21.4. The SMILES string of the molecule is Cc1nn(-c2ccccc2)c(C)c1CN(C)C(=O)CNc1cccc(C(F)(F)F)c1. The van der Waals surface area contributed by atoms with Crippen LogP contribution in [0.25, 0.3) is 5.69 Å². The minimum atomic E-state index is -4.42. The van der Waals surface area contributed by atoms with Crippen molar-refractivity contribution in [3.8, 4) is 5.69 Å². The minimum Gasteiger partial charge on any atom is -0.376 e. The molecule has 3 rings (SSSR count). The van der Waals surface area contributed by atoms with Crippen molar-refractivity contribution in [1.29, 1.82) is 0 Å². The zero-order valence-electron chi connectivity index (χ0n) is 17.0. The molecule has 0 saturated carbocycles. The van der Waals surface area contributed by atoms with Crippen LogP contribution in [0, 0.1) is 13.8 Å². The molecule has 1 heterocycles. The van der Waals surface area contributed by atoms with Crippen LogP contribution in [0.3, 0.4) is 0 Å². The molecule has 1 aromatic heterocycles. The van der Waals surface area contributed by atoms with E-state index in [2.05, 4.69) is 10.4 Å². The lowest BCUT2D eigenvalue weighted by molar-refractivity contribution is -0.137. The number of rotatable bonds is 6. The van der Waals surface area contributed by atoms with E-state index in [0.29, 0.717) is 6.54 Å². The van der Waals surface area contributed by atoms with Crippen LogP contribution in [0.4, 0.5) is 18.9 Å². The van der Waals surface area contributed by atoms with Crippen LogP contribution in [-0.4, -0.2) is 34.2 Å². The summed E-state index contributed by atoms with van der Waals surface area (Å²) in [6.45, 7) is 4.08. The highest BCUT2D eigenvalue weighted by Gasteiger charge is 2.30. The molecule has 3 aromatic rings. The predicted octanol–water partition coefficient (Wildman–Crippen LogP) is 4.58. The monoisotopic (exact) mass is 416 g/mol. The summed E-state index contributed by atoms with van der Waals surface area (Å²) in [5, 5.41) is 7.35. The van der Waals surface area contributed by atoms with Crippen molar-refractivity contribution in [3.63, 3.8) is 0 Å². The average molecular weight is 416 g/mol. The molecule has 158 valence electrons. The van der Waals surface area contributed by atoms with E-state index in [1.165, 1.54) is 17.0 Å². The van der Waals surface area contributed by atoms with E-state index in [1.54, 1.807) is 7.05 Å². The first-order valence-electron chi connectivity index (χ1n) is 9.42. The Morgan fingerprint density at radius 3 is 2.47 bits per heavy atom. The number of benzene rings is 2. The zero-order valence-corrected chi connectivity index (χ0v) is 17.0. The van der Waals surface area contributed by atoms with Gasteiger partial charge in [-0.1, -0.05) is 24.3 Å². The van der Waals surface area contributed by atoms with Crippen molar-refractivity contribution in [2.45, 2.75) is 26.6 Å². The second-order valence-electron chi connectivity index (χ2n) is 7.08. The number of amides is 1. The van der Waals surface area contributed by atoms with Gasteiger partial charge < -0.3 is 10.2 Å². The van der Waals surface area contributed by atoms with E-state index < -0.39 is 11.7 Å². The van der Waals surface area contributed by atoms with Gasteiger partial charge in [-0.05, 0) is 44.2 Å². The molecule has 2 aromatic carbocycles. The number of likely N-dealkylation sites (N-methyl/N-ethyl adjacent to an activating group) is 1. The first-order chi connectivity index (χ1) is 14.2. The molecule has 0 saturated heterocycles. The first-order valence-corrected chi connectivity index (χ1v) is 9.42. The fraction of sp³-hybridized carbons (Fsp3) is 0.273. The highest BCUT2D eigenvalue weighted by Crippen LogP contribution is 2.30. The third kappa shape index (κ3) is 4.82. The largest absolute Gasteiger partial charge is 0.416 e. The summed E-state index contributed by atoms with van der Waals surface area (Å²) < 4.78 is 40.3. The zero-order chi connectivity index (χ0) is 21.9. The summed E-state index contributed by atoms with van der Waals surface area (Å²) in [5.41, 5.74) is 3.12. The minimum absolute atomic E-state index is 0.108. The van der Waals surface area contributed by atoms with Crippen LogP contribution < -0.4 is 5.32 Å². The Morgan fingerprint density at radius 2 is 1.80 bits per heavy atom. The van der Waals surface area contributed by atoms with Gasteiger partial charge in [-0.3, -0.25) is 4.79 Å². The molecule has 30 heavy (non-hydrogen) atoms. The van der Waals surface area contributed by atoms with Gasteiger partial charge in [0, 0.05) is 30.5 Å². The topological polar surface area (TPSA) is 50.2 Å². The molecule has 0 spiro atoms. The molecular weight excluding hydrogens is 393 g/mol. The Bertz CT molecular complexity index is 1030. The molecule has 0 aliphatic rings. The van der Waals surface area contributed by atoms with Crippen LogP contribution in [0.1, 0.15) is 22.5 Å². The smallest absolute Gasteiger partial charge is 0.376 e. The number of para-hydroxylation sites is 1. The maximum atomic E-state index is 12.8. The van der Waals surface area contributed by atoms with Gasteiger partial charge >= 0.3 is 6.18 Å². The van der Waals surface area contributed by atoms with Crippen LogP contribution >= 0.6 is 0 Å². The molecule has 0 unspecified atom stereocenters. The van der Waals surface area contributed by atoms with Crippen molar-refractivity contribution in [3.05, 3.63) is 77.1 Å². The summed E-state index contributed by atoms with van der Waals surface area (Å²) >= 11 is 0. The van der Waals surface area contributed by atoms with E-state index in [1.807, 2.05) is 48.9 Å². The lowest BCUT2D eigenvalue weighted by Gasteiger charge is -2.18. The third-order valence-electron chi connectivity index (χ3n) is 4.90. The maximum absolute atomic E-state index is 12.8. The van der Waals surface area contributed by atoms with Crippen LogP contribution in [0.2, 0.25) is 0 Å². The number of anilines is 1. The average Bonchev–Trinajstić information content (AvgIpc) is 3.00. The molecule has 1 N–H and O–H groups in total. The lowest BCUT2D eigenvalue weighted by atomic mass is 10.2. The predicted molar refractivity (Wildman–Crippen MR) is 109 cm³/mol. The van der Waals surface area contributed by atoms with Crippen LogP contribution in [-0.2, 0) is 17.5 Å². The molecule has 0 radical (unpaired) electrons. The van der Waals surface area contributed by atoms with Crippen molar-refractivity contribution in [2.24, 2.45) is 0 Å². The van der Waals surface area contributed by atoms with Gasteiger partial charge in [-0.25, -0.2) is 4.68 Å². The standard InChI is InChI=1S/C22H23F3N4O/c1-15-20(16(2)29(27-15)19-10-5-4-6-11-19)14-28(3)21(30)13-26-18-9-7-8-17(12-18)22(23,24)25/h4-12,26H,13-14H2,1-3H3. The number of hydrogen-bond donors (Lipinski definition) is 1. The molecule has 5 nitrogen and oxygen atoms in total. The van der Waals surface area contributed by atoms with Gasteiger partial charge in [-0.2, -0.15) is 18.3 Å². The Hall–Kier alpha value is -3.29. The van der Waals surface area contributed by atoms with E-state index in [9.17, 15) is 18.0 Å². The number of aryl methyl sites for hydroxylation is 1. The number of aromatic nitrogens is 2. The highest BCUT2D eigenvalue weighted by molar-refractivity contribution is 5.80. The highest BCUT2D eigenvalue weighted by atomic mass is 19.4. The van der Waals surface area contributed by atoms with E-state index in [4.69, 9.17) is 0 Å². The Labute approximate surface area is 173 Å². The van der Waals surface area contributed by atoms with E-state index in [-0.39, 0.29) is 18.1 Å². The van der Waals surface area contributed by atoms with Gasteiger partial charge in [0.1, 0.15) is 0 Å². The Morgan fingerprint density at radius 1 is 1.10 bits per heavy atom. The number of halogens is 3. The lowest BCUT2D eigenvalue weighted by Crippen LogP contribution is -2.32. The molecular formula is C22H23F3N4O. The van der Waals surface area contributed by atoms with Gasteiger partial charge in [0.2, 0.25) is 5.91 Å². The summed E-state index contributed by atoms with van der Waals surface area (Å²) in [5.74, 6) is -0.237. The molecule has 0 fully saturated rings. The number of carbonyl (C=O) groups is 1. The molecule has 0 bridgehead atoms. The number of carbonyl (C=O) groups excluding carboxylic acids is 1. The molecule has 0 atom stereocenters. The second kappa shape index (κ2) is 8.61. The quantitative estimate of drug-likeness (QED) is 0.640. The number of nitrogens with one attached hydrogen (secondary N) is 1. The summed E-state index contributed by atoms with van der Waals surface area (Å²) in [6, 6.07) is 14.5. The van der Waals surface area contributed by atoms with Crippen LogP contribution in [0.15, 0.2) is 54.6 Å². The maximum Gasteiger partial charge on any atom is 0.416 e. The number of nitrogens with zero attached hydrogens (tertiary/aromatic N) is 3. The third-order valence-corrected chi connectivity index (χ3v) is 4.90. The van der Waals surface area contributed by atoms with Gasteiger partial charge in [0.05, 0.1) is 23.5 Å². The van der Waals surface area contributed by atoms with Crippen molar-refractivity contribution in [1.82, 2.24) is 14.7 Å². The van der Waals surface area contributed by atoms with Crippen LogP contribution in [0.5, 0.6) is 0 Å². The van der Waals surface area contributed by atoms with Crippen molar-refractivity contribution < 1.29 is 18.0 Å². The fourth-order valence-electron chi connectivity index (χ4n) is 3.17. The van der Waals surface area contributed by atoms with Gasteiger partial charge in [0.15, 0.2) is 0 Å². The van der Waals surface area contributed by atoms with Gasteiger partial charge in [0.25, 0.3) is 0 Å². The van der Waals surface area contributed by atoms with E-state index in [0.717, 1.165) is 34.8 Å². The Kier molecular flexibility index (Phi) is 6.14. The number of hydrogen-bond acceptors (Lipinski definition) is 3. The Balaban J connectivity index is 1.66. The fourth-order valence-corrected chi connectivity index (χ4v) is 3.17. The summed E-state index contributed by atoms with van der Waals surface area (Å²) in [7, 11) is 1.66.